The number of aromatic carboxylic acids is 1. The van der Waals surface area contributed by atoms with Crippen LogP contribution in [0, 0.1) is 15.9 Å². The lowest BCUT2D eigenvalue weighted by Gasteiger charge is -2.03. The van der Waals surface area contributed by atoms with Gasteiger partial charge in [-0.05, 0) is 24.3 Å². The Morgan fingerprint density at radius 2 is 2.10 bits per heavy atom. The maximum absolute atomic E-state index is 13.1. The molecule has 0 unspecified atom stereocenters. The number of carboxylic acids is 1. The van der Waals surface area contributed by atoms with Crippen molar-refractivity contribution in [2.75, 3.05) is 0 Å². The van der Waals surface area contributed by atoms with Gasteiger partial charge in [-0.3, -0.25) is 10.1 Å². The first kappa shape index (κ1) is 13.9. The highest BCUT2D eigenvalue weighted by molar-refractivity contribution is 7.99. The average molecular weight is 294 g/mol. The predicted octanol–water partition coefficient (Wildman–Crippen LogP) is 2.98. The van der Waals surface area contributed by atoms with Crippen LogP contribution < -0.4 is 0 Å². The zero-order valence-corrected chi connectivity index (χ0v) is 10.6. The number of carbonyl (C=O) groups is 1. The maximum Gasteiger partial charge on any atom is 0.337 e. The molecule has 0 radical (unpaired) electrons. The molecule has 1 heterocycles. The van der Waals surface area contributed by atoms with Gasteiger partial charge in [0.25, 0.3) is 5.69 Å². The van der Waals surface area contributed by atoms with Crippen LogP contribution in [0.5, 0.6) is 0 Å². The molecule has 0 saturated carbocycles. The number of nitro benzene ring substituents is 1. The standard InChI is InChI=1S/C12H7FN2O4S/c13-8-2-3-9(15(18)19)10(5-8)20-11-4-1-7(6-14-11)12(16)17/h1-6H,(H,16,17). The summed E-state index contributed by atoms with van der Waals surface area (Å²) in [6.07, 6.45) is 1.13. The quantitative estimate of drug-likeness (QED) is 0.688. The molecule has 0 aliphatic carbocycles. The first-order valence-electron chi connectivity index (χ1n) is 5.28. The summed E-state index contributed by atoms with van der Waals surface area (Å²) in [5, 5.41) is 19.9. The van der Waals surface area contributed by atoms with Crippen LogP contribution in [0.4, 0.5) is 10.1 Å². The summed E-state index contributed by atoms with van der Waals surface area (Å²) < 4.78 is 13.1. The lowest BCUT2D eigenvalue weighted by atomic mass is 10.3. The normalized spacial score (nSPS) is 10.2. The highest BCUT2D eigenvalue weighted by Gasteiger charge is 2.16. The van der Waals surface area contributed by atoms with Crippen LogP contribution in [0.2, 0.25) is 0 Å². The Kier molecular flexibility index (Phi) is 3.94. The van der Waals surface area contributed by atoms with Crippen molar-refractivity contribution in [1.29, 1.82) is 0 Å². The molecule has 0 amide bonds. The predicted molar refractivity (Wildman–Crippen MR) is 68.4 cm³/mol. The van der Waals surface area contributed by atoms with Crippen LogP contribution in [0.1, 0.15) is 10.4 Å². The molecule has 0 fully saturated rings. The fourth-order valence-electron chi connectivity index (χ4n) is 1.40. The van der Waals surface area contributed by atoms with E-state index in [1.807, 2.05) is 0 Å². The molecule has 1 aromatic heterocycles. The fraction of sp³-hybridized carbons (Fsp3) is 0. The van der Waals surface area contributed by atoms with E-state index in [1.165, 1.54) is 12.1 Å². The highest BCUT2D eigenvalue weighted by atomic mass is 32.2. The van der Waals surface area contributed by atoms with Crippen LogP contribution in [0.15, 0.2) is 46.5 Å². The SMILES string of the molecule is O=C(O)c1ccc(Sc2cc(F)ccc2[N+](=O)[O-])nc1. The third kappa shape index (κ3) is 3.09. The molecule has 0 aliphatic heterocycles. The summed E-state index contributed by atoms with van der Waals surface area (Å²) in [4.78, 5) is 24.9. The lowest BCUT2D eigenvalue weighted by Crippen LogP contribution is -1.97. The fourth-order valence-corrected chi connectivity index (χ4v) is 2.29. The maximum atomic E-state index is 13.1. The van der Waals surface area contributed by atoms with Gasteiger partial charge in [-0.2, -0.15) is 0 Å². The molecular formula is C12H7FN2O4S. The van der Waals surface area contributed by atoms with Crippen LogP contribution in [0.3, 0.4) is 0 Å². The Hall–Kier alpha value is -2.48. The Morgan fingerprint density at radius 1 is 1.35 bits per heavy atom. The van der Waals surface area contributed by atoms with Crippen molar-refractivity contribution < 1.29 is 19.2 Å². The van der Waals surface area contributed by atoms with Gasteiger partial charge in [0, 0.05) is 12.3 Å². The molecule has 20 heavy (non-hydrogen) atoms. The largest absolute Gasteiger partial charge is 0.478 e. The number of halogens is 1. The smallest absolute Gasteiger partial charge is 0.337 e. The van der Waals surface area contributed by atoms with E-state index in [0.717, 1.165) is 36.2 Å². The van der Waals surface area contributed by atoms with Crippen molar-refractivity contribution in [3.63, 3.8) is 0 Å². The van der Waals surface area contributed by atoms with Crippen molar-refractivity contribution in [3.8, 4) is 0 Å². The van der Waals surface area contributed by atoms with Gasteiger partial charge in [-0.15, -0.1) is 0 Å². The number of aromatic nitrogens is 1. The summed E-state index contributed by atoms with van der Waals surface area (Å²) in [5.74, 6) is -1.72. The minimum absolute atomic E-state index is 0.00286. The van der Waals surface area contributed by atoms with Gasteiger partial charge in [0.1, 0.15) is 10.8 Å². The third-order valence-electron chi connectivity index (χ3n) is 2.32. The molecule has 0 atom stereocenters. The van der Waals surface area contributed by atoms with Crippen molar-refractivity contribution in [2.24, 2.45) is 0 Å². The van der Waals surface area contributed by atoms with E-state index in [9.17, 15) is 19.3 Å². The number of hydrogen-bond donors (Lipinski definition) is 1. The molecule has 0 aliphatic rings. The van der Waals surface area contributed by atoms with Crippen molar-refractivity contribution in [1.82, 2.24) is 4.98 Å². The van der Waals surface area contributed by atoms with Crippen LogP contribution in [-0.2, 0) is 0 Å². The Bertz CT molecular complexity index is 676. The summed E-state index contributed by atoms with van der Waals surface area (Å²) in [6, 6.07) is 5.84. The molecule has 0 bridgehead atoms. The minimum Gasteiger partial charge on any atom is -0.478 e. The second kappa shape index (κ2) is 5.66. The van der Waals surface area contributed by atoms with E-state index < -0.39 is 16.7 Å². The number of benzene rings is 1. The Balaban J connectivity index is 2.31. The van der Waals surface area contributed by atoms with Gasteiger partial charge < -0.3 is 5.11 Å². The zero-order valence-electron chi connectivity index (χ0n) is 9.82. The number of hydrogen-bond acceptors (Lipinski definition) is 5. The number of nitrogens with zero attached hydrogens (tertiary/aromatic N) is 2. The molecule has 2 aromatic rings. The molecule has 1 aromatic carbocycles. The molecule has 8 heteroatoms. The highest BCUT2D eigenvalue weighted by Crippen LogP contribution is 2.34. The number of pyridine rings is 1. The topological polar surface area (TPSA) is 93.3 Å². The molecule has 0 spiro atoms. The van der Waals surface area contributed by atoms with E-state index in [4.69, 9.17) is 5.11 Å². The molecule has 6 nitrogen and oxygen atoms in total. The molecule has 102 valence electrons. The van der Waals surface area contributed by atoms with Gasteiger partial charge in [-0.1, -0.05) is 11.8 Å². The molecule has 1 N–H and O–H groups in total. The first-order valence-corrected chi connectivity index (χ1v) is 6.10. The van der Waals surface area contributed by atoms with Crippen molar-refractivity contribution in [3.05, 3.63) is 58.0 Å². The summed E-state index contributed by atoms with van der Waals surface area (Å²) in [5.41, 5.74) is -0.233. The Morgan fingerprint density at radius 3 is 2.65 bits per heavy atom. The average Bonchev–Trinajstić information content (AvgIpc) is 2.39. The lowest BCUT2D eigenvalue weighted by molar-refractivity contribution is -0.387. The second-order valence-electron chi connectivity index (χ2n) is 3.66. The van der Waals surface area contributed by atoms with Crippen molar-refractivity contribution >= 4 is 23.4 Å². The van der Waals surface area contributed by atoms with Gasteiger partial charge in [0.2, 0.25) is 0 Å². The van der Waals surface area contributed by atoms with E-state index in [-0.39, 0.29) is 16.1 Å². The monoisotopic (exact) mass is 294 g/mol. The van der Waals surface area contributed by atoms with Gasteiger partial charge in [0.05, 0.1) is 15.4 Å². The summed E-state index contributed by atoms with van der Waals surface area (Å²) in [6.45, 7) is 0. The van der Waals surface area contributed by atoms with Gasteiger partial charge in [-0.25, -0.2) is 14.2 Å². The van der Waals surface area contributed by atoms with E-state index in [1.54, 1.807) is 0 Å². The molecule has 0 saturated heterocycles. The van der Waals surface area contributed by atoms with Gasteiger partial charge in [0.15, 0.2) is 0 Å². The second-order valence-corrected chi connectivity index (χ2v) is 4.72. The van der Waals surface area contributed by atoms with Gasteiger partial charge >= 0.3 is 5.97 Å². The van der Waals surface area contributed by atoms with E-state index in [0.29, 0.717) is 5.03 Å². The third-order valence-corrected chi connectivity index (χ3v) is 3.31. The Labute approximate surface area is 116 Å². The number of rotatable bonds is 4. The van der Waals surface area contributed by atoms with Crippen LogP contribution >= 0.6 is 11.8 Å². The number of carboxylic acid groups (broad SMARTS) is 1. The zero-order chi connectivity index (χ0) is 14.7. The first-order chi connectivity index (χ1) is 9.47. The summed E-state index contributed by atoms with van der Waals surface area (Å²) in [7, 11) is 0. The molecular weight excluding hydrogens is 287 g/mol. The van der Waals surface area contributed by atoms with E-state index in [2.05, 4.69) is 4.98 Å². The van der Waals surface area contributed by atoms with Crippen LogP contribution in [-0.4, -0.2) is 21.0 Å². The van der Waals surface area contributed by atoms with Crippen molar-refractivity contribution in [2.45, 2.75) is 9.92 Å². The molecule has 2 rings (SSSR count). The summed E-state index contributed by atoms with van der Waals surface area (Å²) >= 11 is 0.891. The number of nitro groups is 1. The van der Waals surface area contributed by atoms with E-state index >= 15 is 0 Å². The van der Waals surface area contributed by atoms with Crippen LogP contribution in [0.25, 0.3) is 0 Å². The minimum atomic E-state index is -1.12.